The number of rotatable bonds is 6. The van der Waals surface area contributed by atoms with E-state index in [-0.39, 0.29) is 6.03 Å². The number of piperazine rings is 1. The van der Waals surface area contributed by atoms with Crippen LogP contribution in [0, 0.1) is 5.92 Å². The number of nitrogens with zero attached hydrogens (tertiary/aromatic N) is 3. The molecule has 2 saturated heterocycles. The highest BCUT2D eigenvalue weighted by molar-refractivity contribution is 6.42. The van der Waals surface area contributed by atoms with Crippen molar-refractivity contribution >= 4 is 41.0 Å². The number of anilines is 1. The number of carbonyl (C=O) groups excluding carboxylic acids is 1. The van der Waals surface area contributed by atoms with E-state index in [1.165, 1.54) is 24.9 Å². The van der Waals surface area contributed by atoms with Crippen molar-refractivity contribution in [1.29, 1.82) is 0 Å². The van der Waals surface area contributed by atoms with Crippen molar-refractivity contribution < 1.29 is 4.79 Å². The van der Waals surface area contributed by atoms with Crippen molar-refractivity contribution in [3.05, 3.63) is 70.2 Å². The number of likely N-dealkylation sites (tertiary alicyclic amines) is 1. The van der Waals surface area contributed by atoms with Crippen LogP contribution in [0.15, 0.2) is 54.6 Å². The highest BCUT2D eigenvalue weighted by atomic mass is 35.5. The zero-order valence-electron chi connectivity index (χ0n) is 18.9. The van der Waals surface area contributed by atoms with Crippen LogP contribution < -0.4 is 5.32 Å². The van der Waals surface area contributed by atoms with Gasteiger partial charge in [0.1, 0.15) is 0 Å². The van der Waals surface area contributed by atoms with E-state index in [2.05, 4.69) is 57.6 Å². The molecule has 5 nitrogen and oxygen atoms in total. The molecule has 4 rings (SSSR count). The molecule has 2 aromatic carbocycles. The molecule has 0 aromatic heterocycles. The Kier molecular flexibility index (Phi) is 8.68. The standard InChI is InChI=1S/C26H32Cl2N4O/c27-24-11-10-23(18-25(24)28)29-26(33)32-16-14-31(15-17-32)20-22-9-5-13-30(19-22)12-4-8-21-6-2-1-3-7-21/h1-4,6-8,10-11,18,22H,5,9,12-17,19-20H2,(H,29,33)/t22-/m1/s1. The number of halogens is 2. The Labute approximate surface area is 206 Å². The van der Waals surface area contributed by atoms with Crippen molar-refractivity contribution in [2.75, 3.05) is 57.7 Å². The summed E-state index contributed by atoms with van der Waals surface area (Å²) in [7, 11) is 0. The second-order valence-corrected chi connectivity index (χ2v) is 9.74. The van der Waals surface area contributed by atoms with Crippen LogP contribution in [0.1, 0.15) is 18.4 Å². The third-order valence-electron chi connectivity index (χ3n) is 6.42. The van der Waals surface area contributed by atoms with Gasteiger partial charge in [-0.2, -0.15) is 0 Å². The lowest BCUT2D eigenvalue weighted by Gasteiger charge is -2.39. The molecule has 2 aromatic rings. The first kappa shape index (κ1) is 24.1. The third kappa shape index (κ3) is 7.21. The van der Waals surface area contributed by atoms with E-state index >= 15 is 0 Å². The molecule has 0 bridgehead atoms. The second kappa shape index (κ2) is 11.9. The molecule has 0 saturated carbocycles. The smallest absolute Gasteiger partial charge is 0.321 e. The molecule has 0 spiro atoms. The van der Waals surface area contributed by atoms with Gasteiger partial charge in [-0.05, 0) is 49.1 Å². The van der Waals surface area contributed by atoms with Crippen molar-refractivity contribution in [3.63, 3.8) is 0 Å². The van der Waals surface area contributed by atoms with Gasteiger partial charge >= 0.3 is 6.03 Å². The molecule has 1 atom stereocenters. The van der Waals surface area contributed by atoms with Gasteiger partial charge in [0.05, 0.1) is 10.0 Å². The first-order valence-corrected chi connectivity index (χ1v) is 12.5. The molecule has 33 heavy (non-hydrogen) atoms. The van der Waals surface area contributed by atoms with Gasteiger partial charge < -0.3 is 10.2 Å². The van der Waals surface area contributed by atoms with E-state index in [0.29, 0.717) is 21.7 Å². The molecular weight excluding hydrogens is 455 g/mol. The van der Waals surface area contributed by atoms with E-state index in [1.54, 1.807) is 18.2 Å². The molecule has 0 unspecified atom stereocenters. The van der Waals surface area contributed by atoms with E-state index in [4.69, 9.17) is 23.2 Å². The van der Waals surface area contributed by atoms with Crippen LogP contribution in [0.25, 0.3) is 6.08 Å². The fraction of sp³-hybridized carbons (Fsp3) is 0.423. The first-order valence-electron chi connectivity index (χ1n) is 11.7. The quantitative estimate of drug-likeness (QED) is 0.579. The highest BCUT2D eigenvalue weighted by Crippen LogP contribution is 2.25. The summed E-state index contributed by atoms with van der Waals surface area (Å²) in [5, 5.41) is 3.85. The van der Waals surface area contributed by atoms with Gasteiger partial charge in [-0.3, -0.25) is 9.80 Å². The Hall–Kier alpha value is -2.05. The van der Waals surface area contributed by atoms with Crippen LogP contribution in [-0.4, -0.2) is 73.1 Å². The van der Waals surface area contributed by atoms with E-state index in [1.807, 2.05) is 4.90 Å². The molecule has 2 amide bonds. The highest BCUT2D eigenvalue weighted by Gasteiger charge is 2.25. The number of hydrogen-bond donors (Lipinski definition) is 1. The third-order valence-corrected chi connectivity index (χ3v) is 7.16. The Bertz CT molecular complexity index is 945. The zero-order chi connectivity index (χ0) is 23.0. The van der Waals surface area contributed by atoms with Gasteiger partial charge in [-0.15, -0.1) is 0 Å². The van der Waals surface area contributed by atoms with Gasteiger partial charge in [0.25, 0.3) is 0 Å². The zero-order valence-corrected chi connectivity index (χ0v) is 20.4. The molecule has 0 radical (unpaired) electrons. The lowest BCUT2D eigenvalue weighted by Crippen LogP contribution is -2.52. The summed E-state index contributed by atoms with van der Waals surface area (Å²) in [4.78, 5) is 19.6. The Morgan fingerprint density at radius 2 is 1.76 bits per heavy atom. The largest absolute Gasteiger partial charge is 0.322 e. The number of nitrogens with one attached hydrogen (secondary N) is 1. The minimum atomic E-state index is -0.0814. The summed E-state index contributed by atoms with van der Waals surface area (Å²) >= 11 is 12.0. The van der Waals surface area contributed by atoms with Crippen LogP contribution >= 0.6 is 23.2 Å². The maximum Gasteiger partial charge on any atom is 0.321 e. The average Bonchev–Trinajstić information content (AvgIpc) is 2.83. The molecule has 7 heteroatoms. The Morgan fingerprint density at radius 1 is 0.970 bits per heavy atom. The van der Waals surface area contributed by atoms with Crippen molar-refractivity contribution in [2.24, 2.45) is 5.92 Å². The SMILES string of the molecule is O=C(Nc1ccc(Cl)c(Cl)c1)N1CCN(C[C@@H]2CCCN(CC=Cc3ccccc3)C2)CC1. The average molecular weight is 487 g/mol. The molecule has 176 valence electrons. The number of carbonyl (C=O) groups is 1. The van der Waals surface area contributed by atoms with Gasteiger partial charge in [0.15, 0.2) is 0 Å². The number of urea groups is 1. The van der Waals surface area contributed by atoms with Gasteiger partial charge in [-0.1, -0.05) is 65.7 Å². The normalized spacial score (nSPS) is 20.3. The summed E-state index contributed by atoms with van der Waals surface area (Å²) in [6.07, 6.45) is 7.04. The number of benzene rings is 2. The van der Waals surface area contributed by atoms with Crippen molar-refractivity contribution in [2.45, 2.75) is 12.8 Å². The topological polar surface area (TPSA) is 38.8 Å². The maximum absolute atomic E-state index is 12.6. The fourth-order valence-electron chi connectivity index (χ4n) is 4.64. The molecule has 2 aliphatic heterocycles. The monoisotopic (exact) mass is 486 g/mol. The van der Waals surface area contributed by atoms with Crippen LogP contribution in [0.2, 0.25) is 10.0 Å². The van der Waals surface area contributed by atoms with Gasteiger partial charge in [0, 0.05) is 51.5 Å². The van der Waals surface area contributed by atoms with E-state index in [9.17, 15) is 4.79 Å². The fourth-order valence-corrected chi connectivity index (χ4v) is 4.94. The van der Waals surface area contributed by atoms with E-state index in [0.717, 1.165) is 45.8 Å². The predicted octanol–water partition coefficient (Wildman–Crippen LogP) is 5.57. The lowest BCUT2D eigenvalue weighted by atomic mass is 9.97. The van der Waals surface area contributed by atoms with Crippen LogP contribution in [0.3, 0.4) is 0 Å². The molecule has 2 fully saturated rings. The van der Waals surface area contributed by atoms with Crippen LogP contribution in [0.4, 0.5) is 10.5 Å². The summed E-state index contributed by atoms with van der Waals surface area (Å²) in [5.41, 5.74) is 1.92. The van der Waals surface area contributed by atoms with Crippen molar-refractivity contribution in [3.8, 4) is 0 Å². The molecule has 2 heterocycles. The number of amides is 2. The summed E-state index contributed by atoms with van der Waals surface area (Å²) in [6.45, 7) is 7.76. The molecule has 1 N–H and O–H groups in total. The minimum Gasteiger partial charge on any atom is -0.322 e. The summed E-state index contributed by atoms with van der Waals surface area (Å²) < 4.78 is 0. The van der Waals surface area contributed by atoms with E-state index < -0.39 is 0 Å². The molecular formula is C26H32Cl2N4O. The number of hydrogen-bond acceptors (Lipinski definition) is 3. The Balaban J connectivity index is 1.18. The van der Waals surface area contributed by atoms with Crippen molar-refractivity contribution in [1.82, 2.24) is 14.7 Å². The van der Waals surface area contributed by atoms with Gasteiger partial charge in [-0.25, -0.2) is 4.79 Å². The van der Waals surface area contributed by atoms with Crippen LogP contribution in [-0.2, 0) is 0 Å². The summed E-state index contributed by atoms with van der Waals surface area (Å²) in [6, 6.07) is 15.5. The van der Waals surface area contributed by atoms with Crippen LogP contribution in [0.5, 0.6) is 0 Å². The van der Waals surface area contributed by atoms with Gasteiger partial charge in [0.2, 0.25) is 0 Å². The predicted molar refractivity (Wildman–Crippen MR) is 138 cm³/mol. The summed E-state index contributed by atoms with van der Waals surface area (Å²) in [5.74, 6) is 0.695. The second-order valence-electron chi connectivity index (χ2n) is 8.93. The first-order chi connectivity index (χ1) is 16.1. The number of piperidine rings is 1. The molecule has 0 aliphatic carbocycles. The maximum atomic E-state index is 12.6. The molecule has 2 aliphatic rings. The lowest BCUT2D eigenvalue weighted by molar-refractivity contribution is 0.105. The minimum absolute atomic E-state index is 0.0814. The Morgan fingerprint density at radius 3 is 2.52 bits per heavy atom.